The summed E-state index contributed by atoms with van der Waals surface area (Å²) in [6.07, 6.45) is 0.0599. The molecule has 0 saturated heterocycles. The molecule has 0 saturated carbocycles. The lowest BCUT2D eigenvalue weighted by Crippen LogP contribution is -2.36. The summed E-state index contributed by atoms with van der Waals surface area (Å²) in [5.41, 5.74) is 0.936. The fraction of sp³-hybridized carbons (Fsp3) is 0.320. The third-order valence-electron chi connectivity index (χ3n) is 5.53. The number of nitro benzene ring substituents is 1. The van der Waals surface area contributed by atoms with Gasteiger partial charge in [-0.15, -0.1) is 0 Å². The van der Waals surface area contributed by atoms with Gasteiger partial charge in [0.2, 0.25) is 0 Å². The molecule has 0 aliphatic carbocycles. The third-order valence-corrected chi connectivity index (χ3v) is 5.53. The first-order chi connectivity index (χ1) is 16.7. The Morgan fingerprint density at radius 3 is 2.49 bits per heavy atom. The van der Waals surface area contributed by atoms with Crippen LogP contribution in [0, 0.1) is 10.1 Å². The van der Waals surface area contributed by atoms with E-state index in [-0.39, 0.29) is 24.8 Å². The number of nitro groups is 1. The molecule has 2 aromatic carbocycles. The largest absolute Gasteiger partial charge is 0.416 e. The van der Waals surface area contributed by atoms with Crippen molar-refractivity contribution in [2.45, 2.75) is 45.5 Å². The number of halogens is 3. The Labute approximate surface area is 201 Å². The summed E-state index contributed by atoms with van der Waals surface area (Å²) in [7, 11) is 0. The predicted octanol–water partition coefficient (Wildman–Crippen LogP) is 6.69. The first-order valence-corrected chi connectivity index (χ1v) is 11.3. The highest BCUT2D eigenvalue weighted by Gasteiger charge is 2.30. The lowest BCUT2D eigenvalue weighted by molar-refractivity contribution is -0.384. The Hall–Kier alpha value is -3.82. The van der Waals surface area contributed by atoms with Crippen LogP contribution in [0.4, 0.5) is 29.3 Å². The molecule has 0 bridgehead atoms. The Balaban J connectivity index is 1.74. The Morgan fingerprint density at radius 2 is 1.83 bits per heavy atom. The summed E-state index contributed by atoms with van der Waals surface area (Å²) >= 11 is 0. The monoisotopic (exact) mass is 488 g/mol. The number of aromatic nitrogens is 1. The van der Waals surface area contributed by atoms with Crippen molar-refractivity contribution in [1.29, 1.82) is 0 Å². The molecule has 3 aromatic rings. The maximum absolute atomic E-state index is 13.1. The van der Waals surface area contributed by atoms with Gasteiger partial charge in [-0.3, -0.25) is 10.1 Å². The molecule has 0 atom stereocenters. The molecule has 0 radical (unpaired) electrons. The van der Waals surface area contributed by atoms with E-state index in [1.165, 1.54) is 30.3 Å². The van der Waals surface area contributed by atoms with Gasteiger partial charge in [0.25, 0.3) is 5.69 Å². The van der Waals surface area contributed by atoms with Crippen LogP contribution < -0.4 is 5.32 Å². The van der Waals surface area contributed by atoms with Crippen molar-refractivity contribution in [3.63, 3.8) is 0 Å². The van der Waals surface area contributed by atoms with Gasteiger partial charge in [0.1, 0.15) is 0 Å². The van der Waals surface area contributed by atoms with Crippen LogP contribution in [0.5, 0.6) is 0 Å². The van der Waals surface area contributed by atoms with Crippen molar-refractivity contribution in [2.24, 2.45) is 0 Å². The van der Waals surface area contributed by atoms with E-state index in [1.807, 2.05) is 10.6 Å². The zero-order valence-electron chi connectivity index (χ0n) is 19.3. The van der Waals surface area contributed by atoms with Gasteiger partial charge < -0.3 is 14.8 Å². The molecular formula is C25H27F3N4O3. The number of nitrogens with zero attached hydrogens (tertiary/aromatic N) is 3. The van der Waals surface area contributed by atoms with E-state index in [0.717, 1.165) is 37.1 Å². The number of nitrogens with one attached hydrogen (secondary N) is 1. The Kier molecular flexibility index (Phi) is 8.51. The highest BCUT2D eigenvalue weighted by atomic mass is 19.4. The number of benzene rings is 2. The number of non-ortho nitro benzene ring substituents is 1. The minimum Gasteiger partial charge on any atom is -0.345 e. The number of hydrogen-bond donors (Lipinski definition) is 1. The number of urea groups is 1. The first kappa shape index (κ1) is 25.8. The minimum absolute atomic E-state index is 0.0739. The van der Waals surface area contributed by atoms with E-state index < -0.39 is 16.7 Å². The van der Waals surface area contributed by atoms with Crippen molar-refractivity contribution < 1.29 is 22.9 Å². The van der Waals surface area contributed by atoms with Gasteiger partial charge in [-0.05, 0) is 48.4 Å². The van der Waals surface area contributed by atoms with Crippen LogP contribution in [0.1, 0.15) is 43.0 Å². The Bertz CT molecular complexity index is 1140. The number of anilines is 1. The summed E-state index contributed by atoms with van der Waals surface area (Å²) < 4.78 is 41.1. The summed E-state index contributed by atoms with van der Waals surface area (Å²) in [6, 6.07) is 14.0. The van der Waals surface area contributed by atoms with Crippen LogP contribution in [-0.2, 0) is 19.3 Å². The van der Waals surface area contributed by atoms with Gasteiger partial charge in [0.15, 0.2) is 0 Å². The van der Waals surface area contributed by atoms with Gasteiger partial charge >= 0.3 is 12.2 Å². The molecule has 0 aliphatic rings. The number of carbonyl (C=O) groups excluding carboxylic acids is 1. The predicted molar refractivity (Wildman–Crippen MR) is 127 cm³/mol. The molecule has 186 valence electrons. The normalized spacial score (nSPS) is 11.3. The fourth-order valence-electron chi connectivity index (χ4n) is 3.66. The average Bonchev–Trinajstić information content (AvgIpc) is 3.25. The smallest absolute Gasteiger partial charge is 0.345 e. The second kappa shape index (κ2) is 11.5. The first-order valence-electron chi connectivity index (χ1n) is 11.3. The zero-order chi connectivity index (χ0) is 25.4. The number of alkyl halides is 3. The molecule has 10 heteroatoms. The number of hydrogen-bond acceptors (Lipinski definition) is 3. The number of carbonyl (C=O) groups is 1. The minimum atomic E-state index is -4.42. The molecule has 1 heterocycles. The van der Waals surface area contributed by atoms with Crippen molar-refractivity contribution in [2.75, 3.05) is 11.9 Å². The molecule has 0 unspecified atom stereocenters. The summed E-state index contributed by atoms with van der Waals surface area (Å²) in [6.45, 7) is 3.04. The number of unbranched alkanes of at least 4 members (excludes halogenated alkanes) is 2. The summed E-state index contributed by atoms with van der Waals surface area (Å²) in [5, 5.41) is 13.6. The highest BCUT2D eigenvalue weighted by molar-refractivity contribution is 5.89. The molecule has 0 fully saturated rings. The van der Waals surface area contributed by atoms with Crippen LogP contribution in [0.25, 0.3) is 0 Å². The topological polar surface area (TPSA) is 80.4 Å². The SMILES string of the molecule is CCCCCN(Cc1cccn1Cc1cccc(C(F)(F)F)c1)C(=O)Nc1ccc([N+](=O)[O-])cc1. The molecule has 3 rings (SSSR count). The van der Waals surface area contributed by atoms with Crippen molar-refractivity contribution in [3.05, 3.63) is 93.8 Å². The van der Waals surface area contributed by atoms with Crippen LogP contribution in [-0.4, -0.2) is 27.0 Å². The quantitative estimate of drug-likeness (QED) is 0.196. The van der Waals surface area contributed by atoms with E-state index in [4.69, 9.17) is 0 Å². The van der Waals surface area contributed by atoms with Crippen molar-refractivity contribution in [1.82, 2.24) is 9.47 Å². The van der Waals surface area contributed by atoms with Crippen molar-refractivity contribution >= 4 is 17.4 Å². The van der Waals surface area contributed by atoms with Gasteiger partial charge in [0.05, 0.1) is 17.0 Å². The maximum atomic E-state index is 13.1. The van der Waals surface area contributed by atoms with Gasteiger partial charge in [-0.1, -0.05) is 31.9 Å². The molecule has 0 spiro atoms. The lowest BCUT2D eigenvalue weighted by atomic mass is 10.1. The molecular weight excluding hydrogens is 461 g/mol. The molecule has 1 aromatic heterocycles. The Morgan fingerprint density at radius 1 is 1.09 bits per heavy atom. The van der Waals surface area contributed by atoms with E-state index in [0.29, 0.717) is 17.8 Å². The second-order valence-electron chi connectivity index (χ2n) is 8.19. The number of amides is 2. The molecule has 35 heavy (non-hydrogen) atoms. The maximum Gasteiger partial charge on any atom is 0.416 e. The standard InChI is InChI=1S/C25H27F3N4O3/c1-2-3-4-14-31(24(33)29-21-10-12-22(13-11-21)32(34)35)18-23-9-6-15-30(23)17-19-7-5-8-20(16-19)25(26,27)28/h5-13,15-16H,2-4,14,17-18H2,1H3,(H,29,33). The summed E-state index contributed by atoms with van der Waals surface area (Å²) in [4.78, 5) is 25.0. The van der Waals surface area contributed by atoms with Crippen LogP contribution in [0.15, 0.2) is 66.9 Å². The van der Waals surface area contributed by atoms with E-state index in [1.54, 1.807) is 23.2 Å². The molecule has 0 aliphatic heterocycles. The van der Waals surface area contributed by atoms with Gasteiger partial charge in [-0.2, -0.15) is 13.2 Å². The summed E-state index contributed by atoms with van der Waals surface area (Å²) in [5.74, 6) is 0. The molecule has 7 nitrogen and oxygen atoms in total. The zero-order valence-corrected chi connectivity index (χ0v) is 19.3. The van der Waals surface area contributed by atoms with E-state index in [9.17, 15) is 28.1 Å². The van der Waals surface area contributed by atoms with E-state index in [2.05, 4.69) is 12.2 Å². The van der Waals surface area contributed by atoms with Crippen molar-refractivity contribution in [3.8, 4) is 0 Å². The number of rotatable bonds is 10. The van der Waals surface area contributed by atoms with Crippen LogP contribution in [0.3, 0.4) is 0 Å². The highest BCUT2D eigenvalue weighted by Crippen LogP contribution is 2.29. The fourth-order valence-corrected chi connectivity index (χ4v) is 3.66. The second-order valence-corrected chi connectivity index (χ2v) is 8.19. The molecule has 1 N–H and O–H groups in total. The van der Waals surface area contributed by atoms with Crippen LogP contribution >= 0.6 is 0 Å². The van der Waals surface area contributed by atoms with Gasteiger partial charge in [-0.25, -0.2) is 4.79 Å². The third kappa shape index (κ3) is 7.33. The average molecular weight is 489 g/mol. The molecule has 2 amide bonds. The van der Waals surface area contributed by atoms with Gasteiger partial charge in [0, 0.05) is 42.8 Å². The lowest BCUT2D eigenvalue weighted by Gasteiger charge is -2.24. The van der Waals surface area contributed by atoms with Crippen LogP contribution in [0.2, 0.25) is 0 Å². The van der Waals surface area contributed by atoms with E-state index >= 15 is 0 Å².